The highest BCUT2D eigenvalue weighted by atomic mass is 35.5. The van der Waals surface area contributed by atoms with Crippen LogP contribution < -0.4 is 15.7 Å². The Labute approximate surface area is 203 Å². The third kappa shape index (κ3) is 4.18. The van der Waals surface area contributed by atoms with E-state index < -0.39 is 5.56 Å². The van der Waals surface area contributed by atoms with Crippen molar-refractivity contribution in [3.8, 4) is 11.1 Å². The number of nitrogens with zero attached hydrogens (tertiary/aromatic N) is 6. The molecule has 0 bridgehead atoms. The average molecular weight is 494 g/mol. The SMILES string of the molecule is COn1c(=O)c(-c2c(Cl)cccc2Cl)cc2cnc(Nc3ccc(Cn4cnnc4)cc3)nc21. The number of benzene rings is 2. The van der Waals surface area contributed by atoms with E-state index in [9.17, 15) is 4.79 Å². The van der Waals surface area contributed by atoms with Crippen LogP contribution in [0.1, 0.15) is 5.56 Å². The lowest BCUT2D eigenvalue weighted by atomic mass is 10.1. The molecule has 11 heteroatoms. The van der Waals surface area contributed by atoms with Gasteiger partial charge in [-0.3, -0.25) is 4.79 Å². The minimum Gasteiger partial charge on any atom is -0.412 e. The number of halogens is 2. The van der Waals surface area contributed by atoms with E-state index in [0.717, 1.165) is 16.0 Å². The third-order valence-corrected chi connectivity index (χ3v) is 5.79. The fourth-order valence-electron chi connectivity index (χ4n) is 3.57. The Morgan fingerprint density at radius 1 is 1.03 bits per heavy atom. The van der Waals surface area contributed by atoms with Crippen LogP contribution in [0.4, 0.5) is 11.6 Å². The molecule has 3 aromatic heterocycles. The zero-order valence-electron chi connectivity index (χ0n) is 17.8. The van der Waals surface area contributed by atoms with Crippen molar-refractivity contribution in [1.82, 2.24) is 29.5 Å². The molecule has 5 aromatic rings. The van der Waals surface area contributed by atoms with Crippen molar-refractivity contribution in [1.29, 1.82) is 0 Å². The second-order valence-electron chi connectivity index (χ2n) is 7.37. The zero-order valence-corrected chi connectivity index (χ0v) is 19.3. The van der Waals surface area contributed by atoms with E-state index in [0.29, 0.717) is 39.1 Å². The topological polar surface area (TPSA) is 99.8 Å². The number of anilines is 2. The highest BCUT2D eigenvalue weighted by Gasteiger charge is 2.18. The van der Waals surface area contributed by atoms with Gasteiger partial charge in [-0.25, -0.2) is 4.98 Å². The molecular formula is C23H17Cl2N7O2. The molecule has 170 valence electrons. The summed E-state index contributed by atoms with van der Waals surface area (Å²) >= 11 is 12.7. The van der Waals surface area contributed by atoms with E-state index in [1.165, 1.54) is 7.11 Å². The fraction of sp³-hybridized carbons (Fsp3) is 0.0870. The highest BCUT2D eigenvalue weighted by molar-refractivity contribution is 6.39. The third-order valence-electron chi connectivity index (χ3n) is 5.16. The summed E-state index contributed by atoms with van der Waals surface area (Å²) in [6.07, 6.45) is 4.93. The van der Waals surface area contributed by atoms with Gasteiger partial charge in [0.1, 0.15) is 19.8 Å². The van der Waals surface area contributed by atoms with Gasteiger partial charge in [-0.15, -0.1) is 14.9 Å². The summed E-state index contributed by atoms with van der Waals surface area (Å²) in [4.78, 5) is 27.4. The summed E-state index contributed by atoms with van der Waals surface area (Å²) in [7, 11) is 1.39. The standard InChI is InChI=1S/C23H17Cl2N7O2/c1-34-32-21-15(9-17(22(32)33)20-18(24)3-2-4-19(20)25)10-26-23(30-21)29-16-7-5-14(6-8-16)11-31-12-27-28-13-31/h2-10,12-13H,11H2,1H3,(H,26,29,30). The average Bonchev–Trinajstić information content (AvgIpc) is 3.34. The lowest BCUT2D eigenvalue weighted by molar-refractivity contribution is 0.168. The number of nitrogens with one attached hydrogen (secondary N) is 1. The van der Waals surface area contributed by atoms with Crippen LogP contribution >= 0.6 is 23.2 Å². The second-order valence-corrected chi connectivity index (χ2v) is 8.18. The Kier molecular flexibility index (Phi) is 5.87. The first-order valence-corrected chi connectivity index (χ1v) is 10.9. The number of pyridine rings is 1. The lowest BCUT2D eigenvalue weighted by Gasteiger charge is -2.13. The van der Waals surface area contributed by atoms with Crippen molar-refractivity contribution in [2.75, 3.05) is 12.4 Å². The summed E-state index contributed by atoms with van der Waals surface area (Å²) in [6.45, 7) is 0.664. The van der Waals surface area contributed by atoms with E-state index in [4.69, 9.17) is 28.0 Å². The maximum Gasteiger partial charge on any atom is 0.293 e. The molecule has 0 atom stereocenters. The maximum atomic E-state index is 13.2. The highest BCUT2D eigenvalue weighted by Crippen LogP contribution is 2.33. The second kappa shape index (κ2) is 9.12. The van der Waals surface area contributed by atoms with Gasteiger partial charge in [-0.05, 0) is 35.9 Å². The number of fused-ring (bicyclic) bond motifs is 1. The van der Waals surface area contributed by atoms with Crippen LogP contribution in [0.5, 0.6) is 0 Å². The molecule has 0 radical (unpaired) electrons. The molecular weight excluding hydrogens is 477 g/mol. The first-order chi connectivity index (χ1) is 16.5. The van der Waals surface area contributed by atoms with Crippen molar-refractivity contribution < 1.29 is 4.84 Å². The molecule has 2 aromatic carbocycles. The molecule has 0 amide bonds. The van der Waals surface area contributed by atoms with E-state index in [2.05, 4.69) is 25.5 Å². The van der Waals surface area contributed by atoms with Gasteiger partial charge in [0, 0.05) is 29.4 Å². The summed E-state index contributed by atoms with van der Waals surface area (Å²) in [5.41, 5.74) is 2.46. The van der Waals surface area contributed by atoms with Crippen LogP contribution in [0.2, 0.25) is 10.0 Å². The van der Waals surface area contributed by atoms with E-state index in [1.807, 2.05) is 28.8 Å². The van der Waals surface area contributed by atoms with E-state index in [1.54, 1.807) is 43.1 Å². The molecule has 1 N–H and O–H groups in total. The number of hydrogen-bond acceptors (Lipinski definition) is 7. The predicted octanol–water partition coefficient (Wildman–Crippen LogP) is 4.21. The van der Waals surface area contributed by atoms with Crippen LogP contribution in [-0.2, 0) is 6.54 Å². The number of hydrogen-bond donors (Lipinski definition) is 1. The van der Waals surface area contributed by atoms with E-state index >= 15 is 0 Å². The quantitative estimate of drug-likeness (QED) is 0.378. The largest absolute Gasteiger partial charge is 0.412 e. The number of rotatable bonds is 6. The molecule has 0 aliphatic carbocycles. The minimum absolute atomic E-state index is 0.290. The van der Waals surface area contributed by atoms with Crippen LogP contribution in [0.15, 0.2) is 72.2 Å². The molecule has 5 rings (SSSR count). The van der Waals surface area contributed by atoms with Gasteiger partial charge in [0.2, 0.25) is 5.95 Å². The lowest BCUT2D eigenvalue weighted by Crippen LogP contribution is -2.27. The molecule has 3 heterocycles. The molecule has 34 heavy (non-hydrogen) atoms. The van der Waals surface area contributed by atoms with Crippen molar-refractivity contribution >= 4 is 45.9 Å². The van der Waals surface area contributed by atoms with Gasteiger partial charge in [0.25, 0.3) is 5.56 Å². The van der Waals surface area contributed by atoms with Crippen molar-refractivity contribution in [2.24, 2.45) is 0 Å². The van der Waals surface area contributed by atoms with Gasteiger partial charge in [-0.2, -0.15) is 4.98 Å². The van der Waals surface area contributed by atoms with Gasteiger partial charge in [0.05, 0.1) is 15.6 Å². The molecule has 0 aliphatic rings. The maximum absolute atomic E-state index is 13.2. The van der Waals surface area contributed by atoms with Crippen LogP contribution in [0.3, 0.4) is 0 Å². The zero-order chi connectivity index (χ0) is 23.7. The molecule has 0 aliphatic heterocycles. The summed E-state index contributed by atoms with van der Waals surface area (Å²) in [5, 5.41) is 12.1. The Morgan fingerprint density at radius 2 is 1.74 bits per heavy atom. The summed E-state index contributed by atoms with van der Waals surface area (Å²) in [6, 6.07) is 14.5. The first kappa shape index (κ1) is 21.9. The van der Waals surface area contributed by atoms with Crippen LogP contribution in [-0.4, -0.2) is 36.6 Å². The molecule has 0 unspecified atom stereocenters. The molecule has 0 spiro atoms. The van der Waals surface area contributed by atoms with Gasteiger partial charge >= 0.3 is 0 Å². The summed E-state index contributed by atoms with van der Waals surface area (Å²) < 4.78 is 2.97. The van der Waals surface area contributed by atoms with Gasteiger partial charge in [-0.1, -0.05) is 41.4 Å². The molecule has 0 fully saturated rings. The molecule has 9 nitrogen and oxygen atoms in total. The molecule has 0 saturated carbocycles. The van der Waals surface area contributed by atoms with Crippen molar-refractivity contribution in [2.45, 2.75) is 6.54 Å². The fourth-order valence-corrected chi connectivity index (χ4v) is 4.17. The Morgan fingerprint density at radius 3 is 2.41 bits per heavy atom. The Balaban J connectivity index is 1.48. The van der Waals surface area contributed by atoms with Crippen LogP contribution in [0, 0.1) is 0 Å². The summed E-state index contributed by atoms with van der Waals surface area (Å²) in [5.74, 6) is 0.313. The minimum atomic E-state index is -0.437. The smallest absolute Gasteiger partial charge is 0.293 e. The van der Waals surface area contributed by atoms with Gasteiger partial charge in [0.15, 0.2) is 5.65 Å². The van der Waals surface area contributed by atoms with Crippen molar-refractivity contribution in [3.05, 3.63) is 93.3 Å². The number of aromatic nitrogens is 6. The van der Waals surface area contributed by atoms with Gasteiger partial charge < -0.3 is 14.7 Å². The Hall–Kier alpha value is -3.95. The first-order valence-electron chi connectivity index (χ1n) is 10.1. The molecule has 0 saturated heterocycles. The monoisotopic (exact) mass is 493 g/mol. The van der Waals surface area contributed by atoms with E-state index in [-0.39, 0.29) is 5.56 Å². The Bertz CT molecular complexity index is 1510. The predicted molar refractivity (Wildman–Crippen MR) is 131 cm³/mol. The van der Waals surface area contributed by atoms with Crippen molar-refractivity contribution in [3.63, 3.8) is 0 Å². The van der Waals surface area contributed by atoms with Crippen LogP contribution in [0.25, 0.3) is 22.2 Å². The normalized spacial score (nSPS) is 11.0.